The van der Waals surface area contributed by atoms with Crippen molar-refractivity contribution in [3.63, 3.8) is 0 Å². The standard InChI is InChI=1S/C14H12N2/c1-2-6-11(7-3-1)14-15-10-12-8-4-5-9-13(12)16-14/h1-10,14-15H. The molecule has 0 bridgehead atoms. The van der Waals surface area contributed by atoms with E-state index >= 15 is 0 Å². The van der Waals surface area contributed by atoms with Crippen LogP contribution >= 0.6 is 0 Å². The maximum atomic E-state index is 4.67. The molecule has 1 aliphatic heterocycles. The molecule has 1 heterocycles. The second-order valence-electron chi connectivity index (χ2n) is 3.81. The Hall–Kier alpha value is -2.09. The molecule has 0 aromatic heterocycles. The van der Waals surface area contributed by atoms with Crippen molar-refractivity contribution in [1.82, 2.24) is 5.32 Å². The number of hydrogen-bond donors (Lipinski definition) is 1. The molecule has 0 aliphatic carbocycles. The number of hydrogen-bond acceptors (Lipinski definition) is 2. The fourth-order valence-electron chi connectivity index (χ4n) is 1.88. The summed E-state index contributed by atoms with van der Waals surface area (Å²) in [5.41, 5.74) is 1.19. The molecule has 2 aromatic carbocycles. The average Bonchev–Trinajstić information content (AvgIpc) is 2.39. The lowest BCUT2D eigenvalue weighted by molar-refractivity contribution is 0.647. The van der Waals surface area contributed by atoms with Crippen LogP contribution in [0.5, 0.6) is 0 Å². The van der Waals surface area contributed by atoms with Gasteiger partial charge in [-0.2, -0.15) is 0 Å². The van der Waals surface area contributed by atoms with E-state index in [1.54, 1.807) is 0 Å². The average molecular weight is 208 g/mol. The number of para-hydroxylation sites is 1. The van der Waals surface area contributed by atoms with E-state index < -0.39 is 0 Å². The van der Waals surface area contributed by atoms with Crippen molar-refractivity contribution < 1.29 is 0 Å². The fourth-order valence-corrected chi connectivity index (χ4v) is 1.88. The van der Waals surface area contributed by atoms with E-state index in [2.05, 4.69) is 28.5 Å². The van der Waals surface area contributed by atoms with Gasteiger partial charge in [-0.25, -0.2) is 0 Å². The van der Waals surface area contributed by atoms with Crippen LogP contribution in [-0.4, -0.2) is 0 Å². The maximum absolute atomic E-state index is 4.67. The summed E-state index contributed by atoms with van der Waals surface area (Å²) >= 11 is 0. The highest BCUT2D eigenvalue weighted by Gasteiger charge is 2.08. The molecule has 0 spiro atoms. The third-order valence-electron chi connectivity index (χ3n) is 2.72. The zero-order chi connectivity index (χ0) is 10.8. The molecular formula is C14H12N2. The molecule has 2 heteroatoms. The molecule has 1 unspecified atom stereocenters. The van der Waals surface area contributed by atoms with Gasteiger partial charge in [-0.05, 0) is 11.6 Å². The van der Waals surface area contributed by atoms with Crippen molar-refractivity contribution >= 4 is 6.20 Å². The van der Waals surface area contributed by atoms with E-state index in [4.69, 9.17) is 0 Å². The van der Waals surface area contributed by atoms with Crippen LogP contribution in [0.2, 0.25) is 0 Å². The summed E-state index contributed by atoms with van der Waals surface area (Å²) in [6.07, 6.45) is 2.07. The van der Waals surface area contributed by atoms with Crippen LogP contribution in [0.3, 0.4) is 0 Å². The molecule has 78 valence electrons. The van der Waals surface area contributed by atoms with Gasteiger partial charge in [0, 0.05) is 11.4 Å². The molecule has 0 radical (unpaired) electrons. The smallest absolute Gasteiger partial charge is 0.145 e. The maximum Gasteiger partial charge on any atom is 0.145 e. The lowest BCUT2D eigenvalue weighted by Gasteiger charge is -2.16. The van der Waals surface area contributed by atoms with Gasteiger partial charge in [0.25, 0.3) is 0 Å². The van der Waals surface area contributed by atoms with E-state index in [9.17, 15) is 0 Å². The van der Waals surface area contributed by atoms with E-state index in [0.29, 0.717) is 0 Å². The normalized spacial score (nSPS) is 17.6. The summed E-state index contributed by atoms with van der Waals surface area (Å²) in [5.74, 6) is 0. The number of fused-ring (bicyclic) bond motifs is 1. The molecule has 2 nitrogen and oxygen atoms in total. The molecule has 3 rings (SSSR count). The van der Waals surface area contributed by atoms with Gasteiger partial charge in [-0.1, -0.05) is 48.5 Å². The Labute approximate surface area is 94.0 Å². The van der Waals surface area contributed by atoms with Gasteiger partial charge in [0.05, 0.1) is 5.36 Å². The second kappa shape index (κ2) is 3.81. The van der Waals surface area contributed by atoms with Crippen molar-refractivity contribution in [3.05, 3.63) is 70.7 Å². The zero-order valence-corrected chi connectivity index (χ0v) is 8.80. The summed E-state index contributed by atoms with van der Waals surface area (Å²) in [7, 11) is 0. The largest absolute Gasteiger partial charge is 0.366 e. The Balaban J connectivity index is 2.08. The third-order valence-corrected chi connectivity index (χ3v) is 2.72. The van der Waals surface area contributed by atoms with Crippen LogP contribution in [0.15, 0.2) is 59.6 Å². The van der Waals surface area contributed by atoms with Crippen molar-refractivity contribution in [2.24, 2.45) is 4.99 Å². The number of nitrogens with zero attached hydrogens (tertiary/aromatic N) is 1. The van der Waals surface area contributed by atoms with Gasteiger partial charge in [0.2, 0.25) is 0 Å². The Morgan fingerprint density at radius 1 is 0.875 bits per heavy atom. The Bertz CT molecular complexity index is 602. The molecule has 2 aromatic rings. The van der Waals surface area contributed by atoms with Crippen LogP contribution in [0.25, 0.3) is 6.20 Å². The van der Waals surface area contributed by atoms with E-state index in [-0.39, 0.29) is 6.17 Å². The molecule has 1 atom stereocenters. The van der Waals surface area contributed by atoms with Crippen LogP contribution in [0.4, 0.5) is 0 Å². The minimum absolute atomic E-state index is 0.0381. The number of benzene rings is 2. The summed E-state index contributed by atoms with van der Waals surface area (Å²) in [4.78, 5) is 4.67. The predicted octanol–water partition coefficient (Wildman–Crippen LogP) is 1.35. The van der Waals surface area contributed by atoms with Gasteiger partial charge in [0.15, 0.2) is 0 Å². The fraction of sp³-hybridized carbons (Fsp3) is 0.0714. The van der Waals surface area contributed by atoms with Gasteiger partial charge < -0.3 is 5.32 Å². The van der Waals surface area contributed by atoms with Crippen LogP contribution in [0.1, 0.15) is 11.7 Å². The van der Waals surface area contributed by atoms with Crippen molar-refractivity contribution in [2.45, 2.75) is 6.17 Å². The summed E-state index contributed by atoms with van der Waals surface area (Å²) in [6.45, 7) is 0. The first-order chi connectivity index (χ1) is 7.93. The first-order valence-corrected chi connectivity index (χ1v) is 5.37. The van der Waals surface area contributed by atoms with Gasteiger partial charge >= 0.3 is 0 Å². The molecule has 1 aliphatic rings. The highest BCUT2D eigenvalue weighted by Crippen LogP contribution is 2.13. The quantitative estimate of drug-likeness (QED) is 0.751. The lowest BCUT2D eigenvalue weighted by atomic mass is 10.1. The monoisotopic (exact) mass is 208 g/mol. The first-order valence-electron chi connectivity index (χ1n) is 5.37. The van der Waals surface area contributed by atoms with Gasteiger partial charge in [0.1, 0.15) is 6.17 Å². The highest BCUT2D eigenvalue weighted by molar-refractivity contribution is 5.29. The van der Waals surface area contributed by atoms with Crippen LogP contribution in [-0.2, 0) is 0 Å². The SMILES string of the molecule is C1=c2ccccc2=NC(c2ccccc2)N1. The van der Waals surface area contributed by atoms with Crippen LogP contribution < -0.4 is 15.9 Å². The Morgan fingerprint density at radius 3 is 2.50 bits per heavy atom. The van der Waals surface area contributed by atoms with E-state index in [1.165, 1.54) is 5.56 Å². The molecular weight excluding hydrogens is 196 g/mol. The number of rotatable bonds is 1. The highest BCUT2D eigenvalue weighted by atomic mass is 15.1. The molecule has 0 saturated heterocycles. The molecule has 0 saturated carbocycles. The molecule has 0 fully saturated rings. The minimum Gasteiger partial charge on any atom is -0.366 e. The molecule has 0 amide bonds. The van der Waals surface area contributed by atoms with Gasteiger partial charge in [-0.15, -0.1) is 0 Å². The zero-order valence-electron chi connectivity index (χ0n) is 8.80. The summed E-state index contributed by atoms with van der Waals surface area (Å²) in [5, 5.41) is 5.50. The Kier molecular flexibility index (Phi) is 2.18. The van der Waals surface area contributed by atoms with Crippen molar-refractivity contribution in [1.29, 1.82) is 0 Å². The first kappa shape index (κ1) is 9.16. The summed E-state index contributed by atoms with van der Waals surface area (Å²) < 4.78 is 0. The molecule has 16 heavy (non-hydrogen) atoms. The third kappa shape index (κ3) is 1.58. The number of nitrogens with one attached hydrogen (secondary N) is 1. The van der Waals surface area contributed by atoms with Crippen LogP contribution in [0, 0.1) is 0 Å². The predicted molar refractivity (Wildman–Crippen MR) is 64.0 cm³/mol. The summed E-state index contributed by atoms with van der Waals surface area (Å²) in [6, 6.07) is 18.4. The topological polar surface area (TPSA) is 24.4 Å². The second-order valence-corrected chi connectivity index (χ2v) is 3.81. The van der Waals surface area contributed by atoms with Crippen molar-refractivity contribution in [3.8, 4) is 0 Å². The minimum atomic E-state index is 0.0381. The van der Waals surface area contributed by atoms with E-state index in [1.807, 2.05) is 42.6 Å². The lowest BCUT2D eigenvalue weighted by Crippen LogP contribution is -2.34. The van der Waals surface area contributed by atoms with E-state index in [0.717, 1.165) is 10.6 Å². The van der Waals surface area contributed by atoms with Crippen molar-refractivity contribution in [2.75, 3.05) is 0 Å². The van der Waals surface area contributed by atoms with Gasteiger partial charge in [-0.3, -0.25) is 4.99 Å². The Morgan fingerprint density at radius 2 is 1.62 bits per heavy atom. The molecule has 1 N–H and O–H groups in total.